The summed E-state index contributed by atoms with van der Waals surface area (Å²) in [6.07, 6.45) is 4.50. The van der Waals surface area contributed by atoms with Gasteiger partial charge in [0, 0.05) is 0 Å². The molecule has 2 rings (SSSR count). The van der Waals surface area contributed by atoms with E-state index < -0.39 is 0 Å². The van der Waals surface area contributed by atoms with Gasteiger partial charge in [-0.25, -0.2) is 0 Å². The lowest BCUT2D eigenvalue weighted by molar-refractivity contribution is 1.48. The molecule has 54 valence electrons. The van der Waals surface area contributed by atoms with Crippen molar-refractivity contribution in [1.29, 1.82) is 0 Å². The van der Waals surface area contributed by atoms with Gasteiger partial charge in [-0.1, -0.05) is 55.2 Å². The molecule has 1 aliphatic carbocycles. The van der Waals surface area contributed by atoms with Crippen LogP contribution in [-0.2, 0) is 0 Å². The minimum absolute atomic E-state index is 1.32. The third kappa shape index (κ3) is 4.13. The minimum atomic E-state index is 1.32. The fourth-order valence-electron chi connectivity index (χ4n) is 0.534. The second-order valence-electron chi connectivity index (χ2n) is 2.72. The van der Waals surface area contributed by atoms with Crippen LogP contribution in [0.4, 0.5) is 0 Å². The van der Waals surface area contributed by atoms with Crippen molar-refractivity contribution < 1.29 is 0 Å². The van der Waals surface area contributed by atoms with Crippen molar-refractivity contribution in [3.63, 3.8) is 0 Å². The predicted octanol–water partition coefficient (Wildman–Crippen LogP) is 3.17. The van der Waals surface area contributed by atoms with Crippen molar-refractivity contribution in [2.45, 2.75) is 26.2 Å². The second-order valence-corrected chi connectivity index (χ2v) is 2.72. The molecule has 0 spiro atoms. The average Bonchev–Trinajstić information content (AvgIpc) is 2.73. The lowest BCUT2D eigenvalue weighted by Crippen LogP contribution is -1.62. The number of hydrogen-bond donors (Lipinski definition) is 0. The Hall–Kier alpha value is -0.780. The van der Waals surface area contributed by atoms with Gasteiger partial charge in [-0.15, -0.1) is 0 Å². The van der Waals surface area contributed by atoms with Crippen LogP contribution < -0.4 is 0 Å². The molecule has 10 heavy (non-hydrogen) atoms. The summed E-state index contributed by atoms with van der Waals surface area (Å²) >= 11 is 0. The van der Waals surface area contributed by atoms with Crippen LogP contribution in [0.1, 0.15) is 24.8 Å². The highest BCUT2D eigenvalue weighted by Gasteiger charge is 1.95. The molecule has 1 saturated carbocycles. The fourth-order valence-corrected chi connectivity index (χ4v) is 0.534. The van der Waals surface area contributed by atoms with E-state index in [9.17, 15) is 0 Å². The summed E-state index contributed by atoms with van der Waals surface area (Å²) in [4.78, 5) is 0. The first-order chi connectivity index (χ1) is 4.89. The van der Waals surface area contributed by atoms with E-state index in [0.29, 0.717) is 0 Å². The summed E-state index contributed by atoms with van der Waals surface area (Å²) in [5.74, 6) is 0. The molecule has 0 aromatic heterocycles. The Balaban J connectivity index is 0.000000138. The summed E-state index contributed by atoms with van der Waals surface area (Å²) in [5, 5.41) is 0. The number of hydrogen-bond acceptors (Lipinski definition) is 0. The van der Waals surface area contributed by atoms with Crippen LogP contribution in [0.25, 0.3) is 0 Å². The van der Waals surface area contributed by atoms with E-state index in [1.807, 2.05) is 18.2 Å². The maximum Gasteiger partial charge on any atom is -0.0398 e. The van der Waals surface area contributed by atoms with E-state index in [1.165, 1.54) is 24.8 Å². The molecule has 0 aliphatic heterocycles. The quantitative estimate of drug-likeness (QED) is 0.511. The summed E-state index contributed by atoms with van der Waals surface area (Å²) in [6, 6.07) is 10.3. The molecule has 0 heteroatoms. The Labute approximate surface area is 62.9 Å². The molecule has 1 aromatic rings. The molecule has 0 atom stereocenters. The summed E-state index contributed by atoms with van der Waals surface area (Å²) in [7, 11) is 0. The van der Waals surface area contributed by atoms with Gasteiger partial charge in [-0.3, -0.25) is 0 Å². The largest absolute Gasteiger partial charge is 0.0622 e. The molecule has 0 amide bonds. The molecule has 0 bridgehead atoms. The van der Waals surface area contributed by atoms with Gasteiger partial charge in [0.1, 0.15) is 0 Å². The first-order valence-electron chi connectivity index (χ1n) is 3.91. The van der Waals surface area contributed by atoms with E-state index in [2.05, 4.69) is 19.1 Å². The van der Waals surface area contributed by atoms with E-state index in [-0.39, 0.29) is 0 Å². The van der Waals surface area contributed by atoms with Crippen LogP contribution in [0.15, 0.2) is 30.3 Å². The molecular formula is C10H14. The van der Waals surface area contributed by atoms with Crippen molar-refractivity contribution in [2.24, 2.45) is 0 Å². The van der Waals surface area contributed by atoms with Crippen LogP contribution in [-0.4, -0.2) is 0 Å². The fraction of sp³-hybridized carbons (Fsp3) is 0.400. The monoisotopic (exact) mass is 134 g/mol. The Morgan fingerprint density at radius 2 is 1.40 bits per heavy atom. The SMILES string of the molecule is C1CC1.Cc1ccccc1. The summed E-state index contributed by atoms with van der Waals surface area (Å²) in [6.45, 7) is 2.08. The van der Waals surface area contributed by atoms with Crippen LogP contribution >= 0.6 is 0 Å². The van der Waals surface area contributed by atoms with E-state index in [0.717, 1.165) is 0 Å². The van der Waals surface area contributed by atoms with Gasteiger partial charge in [0.2, 0.25) is 0 Å². The maximum atomic E-state index is 2.08. The molecule has 0 radical (unpaired) electrons. The van der Waals surface area contributed by atoms with Gasteiger partial charge in [-0.05, 0) is 6.92 Å². The van der Waals surface area contributed by atoms with Gasteiger partial charge in [0.05, 0.1) is 0 Å². The Morgan fingerprint density at radius 1 is 0.900 bits per heavy atom. The highest BCUT2D eigenvalue weighted by molar-refractivity contribution is 5.11. The van der Waals surface area contributed by atoms with Crippen LogP contribution in [0, 0.1) is 6.92 Å². The van der Waals surface area contributed by atoms with E-state index in [1.54, 1.807) is 0 Å². The molecule has 0 heterocycles. The Kier molecular flexibility index (Phi) is 3.01. The summed E-state index contributed by atoms with van der Waals surface area (Å²) < 4.78 is 0. The van der Waals surface area contributed by atoms with Gasteiger partial charge in [0.25, 0.3) is 0 Å². The molecule has 0 saturated heterocycles. The van der Waals surface area contributed by atoms with Crippen molar-refractivity contribution >= 4 is 0 Å². The van der Waals surface area contributed by atoms with Crippen molar-refractivity contribution in [1.82, 2.24) is 0 Å². The molecular weight excluding hydrogens is 120 g/mol. The third-order valence-corrected chi connectivity index (χ3v) is 1.29. The normalized spacial score (nSPS) is 13.3. The molecule has 0 N–H and O–H groups in total. The zero-order valence-corrected chi connectivity index (χ0v) is 6.51. The topological polar surface area (TPSA) is 0 Å². The first-order valence-corrected chi connectivity index (χ1v) is 3.91. The number of aryl methyl sites for hydroxylation is 1. The highest BCUT2D eigenvalue weighted by Crippen LogP contribution is 2.14. The minimum Gasteiger partial charge on any atom is -0.0622 e. The van der Waals surface area contributed by atoms with Gasteiger partial charge >= 0.3 is 0 Å². The zero-order chi connectivity index (χ0) is 7.23. The van der Waals surface area contributed by atoms with Crippen LogP contribution in [0.3, 0.4) is 0 Å². The van der Waals surface area contributed by atoms with Crippen molar-refractivity contribution in [3.8, 4) is 0 Å². The molecule has 1 aromatic carbocycles. The van der Waals surface area contributed by atoms with Gasteiger partial charge in [-0.2, -0.15) is 0 Å². The van der Waals surface area contributed by atoms with Crippen LogP contribution in [0.2, 0.25) is 0 Å². The summed E-state index contributed by atoms with van der Waals surface area (Å²) in [5.41, 5.74) is 1.32. The number of rotatable bonds is 0. The Bertz CT molecular complexity index is 160. The molecule has 0 nitrogen and oxygen atoms in total. The second kappa shape index (κ2) is 4.10. The molecule has 0 unspecified atom stereocenters. The zero-order valence-electron chi connectivity index (χ0n) is 6.51. The lowest BCUT2D eigenvalue weighted by Gasteiger charge is -1.82. The molecule has 1 fully saturated rings. The Morgan fingerprint density at radius 3 is 1.60 bits per heavy atom. The predicted molar refractivity (Wildman–Crippen MR) is 45.0 cm³/mol. The van der Waals surface area contributed by atoms with E-state index in [4.69, 9.17) is 0 Å². The standard InChI is InChI=1S/C7H8.C3H6/c1-7-5-3-2-4-6-7;1-2-3-1/h2-6H,1H3;1-3H2. The third-order valence-electron chi connectivity index (χ3n) is 1.29. The lowest BCUT2D eigenvalue weighted by atomic mass is 10.2. The highest BCUT2D eigenvalue weighted by atomic mass is 14.0. The van der Waals surface area contributed by atoms with Crippen molar-refractivity contribution in [3.05, 3.63) is 35.9 Å². The molecule has 1 aliphatic rings. The van der Waals surface area contributed by atoms with Crippen LogP contribution in [0.5, 0.6) is 0 Å². The average molecular weight is 134 g/mol. The van der Waals surface area contributed by atoms with Gasteiger partial charge < -0.3 is 0 Å². The number of benzene rings is 1. The van der Waals surface area contributed by atoms with E-state index >= 15 is 0 Å². The van der Waals surface area contributed by atoms with Crippen molar-refractivity contribution in [2.75, 3.05) is 0 Å². The smallest absolute Gasteiger partial charge is 0.0398 e. The van der Waals surface area contributed by atoms with Gasteiger partial charge in [0.15, 0.2) is 0 Å². The maximum absolute atomic E-state index is 2.08. The first kappa shape index (κ1) is 7.33.